The number of halogens is 1. The number of rotatable bonds is 5. The molecule has 0 fully saturated rings. The molecular weight excluding hydrogens is 306 g/mol. The van der Waals surface area contributed by atoms with Crippen molar-refractivity contribution in [1.82, 2.24) is 9.88 Å². The van der Waals surface area contributed by atoms with Crippen LogP contribution in [-0.2, 0) is 9.59 Å². The van der Waals surface area contributed by atoms with E-state index in [4.69, 9.17) is 17.3 Å². The molecule has 116 valence electrons. The highest BCUT2D eigenvalue weighted by atomic mass is 35.5. The van der Waals surface area contributed by atoms with Crippen LogP contribution in [0.2, 0.25) is 5.02 Å². The standard InChI is InChI=1S/C15H16ClN3O3/c1-15(17,14(22)18-9-20)13(21)12-3-2-8-19(12)11-6-4-10(16)5-7-11/h2-9,13,21H,17H2,1H3,(H,18,20,22). The molecule has 1 aromatic heterocycles. The number of nitrogens with zero attached hydrogens (tertiary/aromatic N) is 1. The molecule has 2 unspecified atom stereocenters. The summed E-state index contributed by atoms with van der Waals surface area (Å²) < 4.78 is 1.69. The Morgan fingerprint density at radius 1 is 1.41 bits per heavy atom. The number of hydrogen-bond acceptors (Lipinski definition) is 4. The van der Waals surface area contributed by atoms with Gasteiger partial charge in [0.1, 0.15) is 11.6 Å². The molecule has 22 heavy (non-hydrogen) atoms. The number of imide groups is 1. The Morgan fingerprint density at radius 2 is 2.05 bits per heavy atom. The van der Waals surface area contributed by atoms with Gasteiger partial charge in [0, 0.05) is 16.9 Å². The smallest absolute Gasteiger partial charge is 0.249 e. The van der Waals surface area contributed by atoms with Crippen molar-refractivity contribution in [3.8, 4) is 5.69 Å². The predicted molar refractivity (Wildman–Crippen MR) is 82.5 cm³/mol. The second kappa shape index (κ2) is 6.31. The van der Waals surface area contributed by atoms with Gasteiger partial charge in [0.2, 0.25) is 12.3 Å². The van der Waals surface area contributed by atoms with Gasteiger partial charge in [0.15, 0.2) is 0 Å². The van der Waals surface area contributed by atoms with Gasteiger partial charge in [-0.3, -0.25) is 14.9 Å². The van der Waals surface area contributed by atoms with E-state index in [9.17, 15) is 14.7 Å². The molecule has 0 saturated carbocycles. The van der Waals surface area contributed by atoms with Crippen LogP contribution >= 0.6 is 11.6 Å². The molecule has 1 aromatic carbocycles. The maximum atomic E-state index is 11.8. The molecule has 0 aliphatic carbocycles. The van der Waals surface area contributed by atoms with Gasteiger partial charge < -0.3 is 15.4 Å². The molecule has 2 rings (SSSR count). The van der Waals surface area contributed by atoms with Crippen LogP contribution in [0.5, 0.6) is 0 Å². The molecule has 2 aromatic rings. The van der Waals surface area contributed by atoms with E-state index in [0.717, 1.165) is 5.69 Å². The number of amides is 2. The lowest BCUT2D eigenvalue weighted by molar-refractivity contribution is -0.132. The molecule has 4 N–H and O–H groups in total. The van der Waals surface area contributed by atoms with Crippen molar-refractivity contribution < 1.29 is 14.7 Å². The molecule has 7 heteroatoms. The number of aromatic nitrogens is 1. The largest absolute Gasteiger partial charge is 0.384 e. The number of nitrogens with two attached hydrogens (primary N) is 1. The zero-order valence-electron chi connectivity index (χ0n) is 11.9. The van der Waals surface area contributed by atoms with E-state index in [0.29, 0.717) is 10.7 Å². The van der Waals surface area contributed by atoms with Gasteiger partial charge >= 0.3 is 0 Å². The van der Waals surface area contributed by atoms with Crippen LogP contribution in [0.15, 0.2) is 42.6 Å². The number of aliphatic hydroxyl groups is 1. The molecule has 0 radical (unpaired) electrons. The lowest BCUT2D eigenvalue weighted by Gasteiger charge is -2.29. The summed E-state index contributed by atoms with van der Waals surface area (Å²) >= 11 is 5.86. The summed E-state index contributed by atoms with van der Waals surface area (Å²) in [7, 11) is 0. The third-order valence-corrected chi connectivity index (χ3v) is 3.66. The lowest BCUT2D eigenvalue weighted by atomic mass is 9.92. The van der Waals surface area contributed by atoms with Crippen LogP contribution in [0.25, 0.3) is 5.69 Å². The maximum absolute atomic E-state index is 11.8. The molecule has 0 aliphatic heterocycles. The van der Waals surface area contributed by atoms with E-state index in [1.165, 1.54) is 6.92 Å². The zero-order chi connectivity index (χ0) is 16.3. The summed E-state index contributed by atoms with van der Waals surface area (Å²) in [4.78, 5) is 22.2. The Labute approximate surface area is 132 Å². The minimum atomic E-state index is -1.66. The third-order valence-electron chi connectivity index (χ3n) is 3.41. The average Bonchev–Trinajstić information content (AvgIpc) is 2.96. The van der Waals surface area contributed by atoms with Gasteiger partial charge in [-0.15, -0.1) is 0 Å². The third kappa shape index (κ3) is 3.04. The van der Waals surface area contributed by atoms with Gasteiger partial charge in [-0.2, -0.15) is 0 Å². The van der Waals surface area contributed by atoms with Crippen molar-refractivity contribution in [2.24, 2.45) is 5.73 Å². The number of carbonyl (C=O) groups excluding carboxylic acids is 2. The van der Waals surface area contributed by atoms with Crippen LogP contribution in [0.1, 0.15) is 18.7 Å². The van der Waals surface area contributed by atoms with E-state index in [1.807, 2.05) is 5.32 Å². The first-order chi connectivity index (χ1) is 10.4. The molecule has 6 nitrogen and oxygen atoms in total. The summed E-state index contributed by atoms with van der Waals surface area (Å²) in [6.07, 6.45) is 0.659. The van der Waals surface area contributed by atoms with Crippen LogP contribution < -0.4 is 11.1 Å². The monoisotopic (exact) mass is 321 g/mol. The minimum Gasteiger partial charge on any atom is -0.384 e. The second-order valence-electron chi connectivity index (χ2n) is 5.06. The van der Waals surface area contributed by atoms with E-state index in [-0.39, 0.29) is 6.41 Å². The highest BCUT2D eigenvalue weighted by Crippen LogP contribution is 2.27. The summed E-state index contributed by atoms with van der Waals surface area (Å²) in [6.45, 7) is 1.36. The van der Waals surface area contributed by atoms with Gasteiger partial charge in [-0.25, -0.2) is 0 Å². The second-order valence-corrected chi connectivity index (χ2v) is 5.49. The summed E-state index contributed by atoms with van der Waals surface area (Å²) in [5.41, 5.74) is 5.42. The molecular formula is C15H16ClN3O3. The minimum absolute atomic E-state index is 0.235. The highest BCUT2D eigenvalue weighted by Gasteiger charge is 2.38. The van der Waals surface area contributed by atoms with Crippen molar-refractivity contribution in [2.45, 2.75) is 18.6 Å². The van der Waals surface area contributed by atoms with Crippen molar-refractivity contribution in [1.29, 1.82) is 0 Å². The molecule has 2 amide bonds. The number of hydrogen-bond donors (Lipinski definition) is 3. The quantitative estimate of drug-likeness (QED) is 0.720. The Kier molecular flexibility index (Phi) is 4.65. The average molecular weight is 322 g/mol. The van der Waals surface area contributed by atoms with E-state index in [1.54, 1.807) is 47.2 Å². The summed E-state index contributed by atoms with van der Waals surface area (Å²) in [6, 6.07) is 10.4. The molecule has 0 bridgehead atoms. The summed E-state index contributed by atoms with van der Waals surface area (Å²) in [5, 5.41) is 13.0. The fourth-order valence-electron chi connectivity index (χ4n) is 2.09. The first-order valence-electron chi connectivity index (χ1n) is 6.52. The van der Waals surface area contributed by atoms with Gasteiger partial charge in [0.05, 0.1) is 5.69 Å². The Balaban J connectivity index is 2.38. The number of nitrogens with one attached hydrogen (secondary N) is 1. The molecule has 0 saturated heterocycles. The Bertz CT molecular complexity index is 680. The number of benzene rings is 1. The first-order valence-corrected chi connectivity index (χ1v) is 6.90. The van der Waals surface area contributed by atoms with Gasteiger partial charge in [0.25, 0.3) is 0 Å². The van der Waals surface area contributed by atoms with Gasteiger partial charge in [-0.1, -0.05) is 11.6 Å². The molecule has 0 spiro atoms. The first kappa shape index (κ1) is 16.2. The number of aliphatic hydroxyl groups excluding tert-OH is 1. The molecule has 1 heterocycles. The molecule has 0 aliphatic rings. The van der Waals surface area contributed by atoms with Crippen LogP contribution in [0.3, 0.4) is 0 Å². The van der Waals surface area contributed by atoms with E-state index >= 15 is 0 Å². The van der Waals surface area contributed by atoms with Crippen molar-refractivity contribution in [3.05, 3.63) is 53.3 Å². The Morgan fingerprint density at radius 3 is 2.64 bits per heavy atom. The SMILES string of the molecule is CC(N)(C(=O)NC=O)C(O)c1cccn1-c1ccc(Cl)cc1. The van der Waals surface area contributed by atoms with Crippen LogP contribution in [0, 0.1) is 0 Å². The van der Waals surface area contributed by atoms with Crippen molar-refractivity contribution in [2.75, 3.05) is 0 Å². The fraction of sp³-hybridized carbons (Fsp3) is 0.200. The zero-order valence-corrected chi connectivity index (χ0v) is 12.6. The van der Waals surface area contributed by atoms with Crippen molar-refractivity contribution in [3.63, 3.8) is 0 Å². The normalized spacial score (nSPS) is 14.9. The number of carbonyl (C=O) groups is 2. The Hall–Kier alpha value is -2.15. The van der Waals surface area contributed by atoms with E-state index in [2.05, 4.69) is 0 Å². The fourth-order valence-corrected chi connectivity index (χ4v) is 2.22. The molecule has 2 atom stereocenters. The van der Waals surface area contributed by atoms with Crippen LogP contribution in [-0.4, -0.2) is 27.5 Å². The highest BCUT2D eigenvalue weighted by molar-refractivity contribution is 6.30. The maximum Gasteiger partial charge on any atom is 0.249 e. The predicted octanol–water partition coefficient (Wildman–Crippen LogP) is 1.15. The van der Waals surface area contributed by atoms with Gasteiger partial charge in [-0.05, 0) is 43.3 Å². The summed E-state index contributed by atoms with van der Waals surface area (Å²) in [5.74, 6) is -0.765. The van der Waals surface area contributed by atoms with E-state index < -0.39 is 17.6 Å². The topological polar surface area (TPSA) is 97.3 Å². The van der Waals surface area contributed by atoms with Crippen LogP contribution in [0.4, 0.5) is 0 Å². The lowest BCUT2D eigenvalue weighted by Crippen LogP contribution is -2.55. The van der Waals surface area contributed by atoms with Crippen molar-refractivity contribution >= 4 is 23.9 Å².